The second-order valence-electron chi connectivity index (χ2n) is 7.23. The van der Waals surface area contributed by atoms with Gasteiger partial charge in [-0.2, -0.15) is 9.50 Å². The van der Waals surface area contributed by atoms with Gasteiger partial charge in [0, 0.05) is 11.1 Å². The zero-order chi connectivity index (χ0) is 22.5. The van der Waals surface area contributed by atoms with Gasteiger partial charge in [0.1, 0.15) is 17.2 Å². The molecule has 166 valence electrons. The second-order valence-corrected chi connectivity index (χ2v) is 8.24. The van der Waals surface area contributed by atoms with Crippen LogP contribution >= 0.6 is 11.3 Å². The molecule has 0 saturated heterocycles. The van der Waals surface area contributed by atoms with Crippen LogP contribution in [0.5, 0.6) is 17.2 Å². The average molecular weight is 452 g/mol. The molecule has 0 spiro atoms. The molecule has 2 aromatic heterocycles. The standard InChI is InChI=1S/C24H25N3O4S/c1-4-5-6-13-31-18-9-7-16(8-10-18)22-25-24-27(26-22)23(28)21(32-24)15-17-14-19(29-2)11-12-20(17)30-3/h7-12,14-15H,4-6,13H2,1-3H3. The van der Waals surface area contributed by atoms with Crippen molar-refractivity contribution in [2.24, 2.45) is 0 Å². The molecular formula is C24H25N3O4S. The molecule has 0 atom stereocenters. The number of benzene rings is 2. The van der Waals surface area contributed by atoms with Gasteiger partial charge in [-0.3, -0.25) is 4.79 Å². The van der Waals surface area contributed by atoms with Crippen LogP contribution in [0.2, 0.25) is 0 Å². The molecule has 32 heavy (non-hydrogen) atoms. The van der Waals surface area contributed by atoms with Crippen LogP contribution in [0.3, 0.4) is 0 Å². The maximum absolute atomic E-state index is 12.9. The number of hydrogen-bond acceptors (Lipinski definition) is 7. The molecular weight excluding hydrogens is 426 g/mol. The molecule has 2 heterocycles. The van der Waals surface area contributed by atoms with Gasteiger partial charge in [0.15, 0.2) is 5.82 Å². The number of nitrogens with zero attached hydrogens (tertiary/aromatic N) is 3. The van der Waals surface area contributed by atoms with Gasteiger partial charge in [0.05, 0.1) is 25.4 Å². The summed E-state index contributed by atoms with van der Waals surface area (Å²) in [6.07, 6.45) is 5.15. The second kappa shape index (κ2) is 9.82. The first-order valence-electron chi connectivity index (χ1n) is 10.5. The third-order valence-electron chi connectivity index (χ3n) is 5.03. The molecule has 7 nitrogen and oxygen atoms in total. The summed E-state index contributed by atoms with van der Waals surface area (Å²) in [7, 11) is 3.19. The van der Waals surface area contributed by atoms with Gasteiger partial charge in [-0.1, -0.05) is 31.1 Å². The number of methoxy groups -OCH3 is 2. The van der Waals surface area contributed by atoms with Gasteiger partial charge in [0.25, 0.3) is 5.56 Å². The molecule has 0 saturated carbocycles. The first kappa shape index (κ1) is 21.8. The largest absolute Gasteiger partial charge is 0.497 e. The number of fused-ring (bicyclic) bond motifs is 1. The van der Waals surface area contributed by atoms with Crippen molar-refractivity contribution in [1.82, 2.24) is 14.6 Å². The highest BCUT2D eigenvalue weighted by Crippen LogP contribution is 2.25. The lowest BCUT2D eigenvalue weighted by Crippen LogP contribution is -2.23. The number of hydrogen-bond donors (Lipinski definition) is 0. The summed E-state index contributed by atoms with van der Waals surface area (Å²) in [5.41, 5.74) is 1.37. The Morgan fingerprint density at radius 1 is 1.03 bits per heavy atom. The zero-order valence-corrected chi connectivity index (χ0v) is 19.1. The van der Waals surface area contributed by atoms with Crippen molar-refractivity contribution in [1.29, 1.82) is 0 Å². The van der Waals surface area contributed by atoms with Gasteiger partial charge in [-0.15, -0.1) is 5.10 Å². The molecule has 0 bridgehead atoms. The monoisotopic (exact) mass is 451 g/mol. The van der Waals surface area contributed by atoms with Crippen molar-refractivity contribution in [2.45, 2.75) is 26.2 Å². The molecule has 4 aromatic rings. The summed E-state index contributed by atoms with van der Waals surface area (Å²) < 4.78 is 18.3. The minimum Gasteiger partial charge on any atom is -0.497 e. The van der Waals surface area contributed by atoms with E-state index in [1.807, 2.05) is 36.4 Å². The Kier molecular flexibility index (Phi) is 6.70. The smallest absolute Gasteiger partial charge is 0.291 e. The molecule has 0 radical (unpaired) electrons. The fourth-order valence-electron chi connectivity index (χ4n) is 3.29. The van der Waals surface area contributed by atoms with Crippen LogP contribution in [-0.2, 0) is 0 Å². The topological polar surface area (TPSA) is 75.0 Å². The van der Waals surface area contributed by atoms with Crippen LogP contribution in [0.1, 0.15) is 31.7 Å². The van der Waals surface area contributed by atoms with Crippen molar-refractivity contribution in [3.63, 3.8) is 0 Å². The normalized spacial score (nSPS) is 11.8. The Bertz CT molecular complexity index is 1310. The van der Waals surface area contributed by atoms with Crippen LogP contribution in [0, 0.1) is 0 Å². The van der Waals surface area contributed by atoms with E-state index in [0.29, 0.717) is 33.4 Å². The fourth-order valence-corrected chi connectivity index (χ4v) is 4.19. The van der Waals surface area contributed by atoms with Crippen LogP contribution < -0.4 is 24.3 Å². The third-order valence-corrected chi connectivity index (χ3v) is 5.99. The third kappa shape index (κ3) is 4.60. The number of unbranched alkanes of at least 4 members (excludes halogenated alkanes) is 2. The minimum absolute atomic E-state index is 0.218. The van der Waals surface area contributed by atoms with Crippen LogP contribution in [0.4, 0.5) is 0 Å². The van der Waals surface area contributed by atoms with E-state index < -0.39 is 0 Å². The summed E-state index contributed by atoms with van der Waals surface area (Å²) in [4.78, 5) is 18.0. The van der Waals surface area contributed by atoms with E-state index in [-0.39, 0.29) is 5.56 Å². The first-order valence-corrected chi connectivity index (χ1v) is 11.3. The first-order chi connectivity index (χ1) is 15.6. The Labute approximate surface area is 189 Å². The highest BCUT2D eigenvalue weighted by Gasteiger charge is 2.13. The minimum atomic E-state index is -0.218. The van der Waals surface area contributed by atoms with Crippen molar-refractivity contribution in [3.05, 3.63) is 62.9 Å². The average Bonchev–Trinajstić information content (AvgIpc) is 3.36. The number of ether oxygens (including phenoxy) is 3. The maximum Gasteiger partial charge on any atom is 0.291 e. The van der Waals surface area contributed by atoms with Crippen molar-refractivity contribution in [3.8, 4) is 28.6 Å². The Morgan fingerprint density at radius 3 is 2.50 bits per heavy atom. The van der Waals surface area contributed by atoms with Gasteiger partial charge in [-0.25, -0.2) is 0 Å². The van der Waals surface area contributed by atoms with E-state index in [1.54, 1.807) is 26.4 Å². The highest BCUT2D eigenvalue weighted by atomic mass is 32.1. The summed E-state index contributed by atoms with van der Waals surface area (Å²) >= 11 is 1.29. The molecule has 0 aliphatic rings. The maximum atomic E-state index is 12.9. The summed E-state index contributed by atoms with van der Waals surface area (Å²) in [6, 6.07) is 13.1. The molecule has 2 aromatic carbocycles. The summed E-state index contributed by atoms with van der Waals surface area (Å²) in [6.45, 7) is 2.88. The van der Waals surface area contributed by atoms with E-state index in [1.165, 1.54) is 22.3 Å². The lowest BCUT2D eigenvalue weighted by atomic mass is 10.2. The quantitative estimate of drug-likeness (QED) is 0.359. The predicted molar refractivity (Wildman–Crippen MR) is 126 cm³/mol. The van der Waals surface area contributed by atoms with E-state index in [0.717, 1.165) is 29.7 Å². The van der Waals surface area contributed by atoms with Crippen molar-refractivity contribution < 1.29 is 14.2 Å². The number of aromatic nitrogens is 3. The van der Waals surface area contributed by atoms with Crippen molar-refractivity contribution >= 4 is 22.4 Å². The van der Waals surface area contributed by atoms with Crippen LogP contribution in [0.15, 0.2) is 47.3 Å². The molecule has 0 N–H and O–H groups in total. The predicted octanol–water partition coefficient (Wildman–Crippen LogP) is 3.95. The highest BCUT2D eigenvalue weighted by molar-refractivity contribution is 7.15. The molecule has 0 fully saturated rings. The number of rotatable bonds is 9. The van der Waals surface area contributed by atoms with Crippen LogP contribution in [0.25, 0.3) is 22.4 Å². The van der Waals surface area contributed by atoms with Gasteiger partial charge in [-0.05, 0) is 55.0 Å². The van der Waals surface area contributed by atoms with Gasteiger partial charge in [0.2, 0.25) is 4.96 Å². The lowest BCUT2D eigenvalue weighted by Gasteiger charge is -2.06. The molecule has 0 unspecified atom stereocenters. The van der Waals surface area contributed by atoms with E-state index in [4.69, 9.17) is 14.2 Å². The molecule has 0 aliphatic heterocycles. The SMILES string of the molecule is CCCCCOc1ccc(-c2nc3sc(=Cc4cc(OC)ccc4OC)c(=O)n3n2)cc1. The van der Waals surface area contributed by atoms with Crippen LogP contribution in [-0.4, -0.2) is 35.4 Å². The van der Waals surface area contributed by atoms with Gasteiger partial charge >= 0.3 is 0 Å². The van der Waals surface area contributed by atoms with Crippen molar-refractivity contribution in [2.75, 3.05) is 20.8 Å². The lowest BCUT2D eigenvalue weighted by molar-refractivity contribution is 0.306. The molecule has 0 amide bonds. The molecule has 0 aliphatic carbocycles. The summed E-state index contributed by atoms with van der Waals surface area (Å²) in [5, 5.41) is 4.42. The Hall–Kier alpha value is -3.39. The Morgan fingerprint density at radius 2 is 1.81 bits per heavy atom. The van der Waals surface area contributed by atoms with E-state index in [2.05, 4.69) is 17.0 Å². The van der Waals surface area contributed by atoms with E-state index >= 15 is 0 Å². The zero-order valence-electron chi connectivity index (χ0n) is 18.3. The Balaban J connectivity index is 1.60. The van der Waals surface area contributed by atoms with E-state index in [9.17, 15) is 4.79 Å². The molecule has 4 rings (SSSR count). The fraction of sp³-hybridized carbons (Fsp3) is 0.292. The summed E-state index contributed by atoms with van der Waals surface area (Å²) in [5.74, 6) is 2.67. The number of thiazole rings is 1. The van der Waals surface area contributed by atoms with Gasteiger partial charge < -0.3 is 14.2 Å². The molecule has 8 heteroatoms.